The summed E-state index contributed by atoms with van der Waals surface area (Å²) < 4.78 is 6.46. The smallest absolute Gasteiger partial charge is 0.160 e. The molecule has 0 spiro atoms. The van der Waals surface area contributed by atoms with Crippen LogP contribution in [-0.2, 0) is 0 Å². The van der Waals surface area contributed by atoms with Gasteiger partial charge in [0.05, 0.1) is 11.4 Å². The molecule has 0 aliphatic rings. The van der Waals surface area contributed by atoms with Crippen LogP contribution in [0.5, 0.6) is 0 Å². The Hall–Kier alpha value is -7.36. The van der Waals surface area contributed by atoms with E-state index in [-0.39, 0.29) is 0 Å². The molecule has 0 aliphatic heterocycles. The second-order valence-corrected chi connectivity index (χ2v) is 14.1. The maximum Gasteiger partial charge on any atom is 0.160 e. The largest absolute Gasteiger partial charge is 0.456 e. The van der Waals surface area contributed by atoms with Crippen molar-refractivity contribution in [2.24, 2.45) is 0 Å². The Morgan fingerprint density at radius 2 is 0.800 bits per heavy atom. The molecule has 0 fully saturated rings. The summed E-state index contributed by atoms with van der Waals surface area (Å²) in [6.07, 6.45) is 0. The van der Waals surface area contributed by atoms with E-state index in [9.17, 15) is 0 Å². The molecule has 0 atom stereocenters. The predicted octanol–water partition coefficient (Wildman–Crippen LogP) is 14.2. The van der Waals surface area contributed by atoms with Gasteiger partial charge in [0.2, 0.25) is 0 Å². The first-order valence-corrected chi connectivity index (χ1v) is 18.6. The molecule has 2 heterocycles. The molecule has 0 aliphatic carbocycles. The molecule has 0 amide bonds. The van der Waals surface area contributed by atoms with Crippen molar-refractivity contribution in [3.05, 3.63) is 194 Å². The van der Waals surface area contributed by atoms with E-state index in [4.69, 9.17) is 14.4 Å². The molecule has 3 heteroatoms. The topological polar surface area (TPSA) is 38.9 Å². The van der Waals surface area contributed by atoms with E-state index < -0.39 is 0 Å². The van der Waals surface area contributed by atoms with Gasteiger partial charge in [-0.1, -0.05) is 164 Å². The van der Waals surface area contributed by atoms with Crippen LogP contribution in [0.4, 0.5) is 0 Å². The maximum atomic E-state index is 6.46. The Kier molecular flexibility index (Phi) is 7.17. The highest BCUT2D eigenvalue weighted by molar-refractivity contribution is 6.25. The van der Waals surface area contributed by atoms with Gasteiger partial charge in [-0.25, -0.2) is 9.97 Å². The van der Waals surface area contributed by atoms with Crippen molar-refractivity contribution in [3.63, 3.8) is 0 Å². The summed E-state index contributed by atoms with van der Waals surface area (Å²) in [5, 5.41) is 9.81. The Balaban J connectivity index is 1.01. The molecule has 2 aromatic heterocycles. The van der Waals surface area contributed by atoms with Crippen LogP contribution in [0.15, 0.2) is 199 Å². The highest BCUT2D eigenvalue weighted by Crippen LogP contribution is 2.41. The molecule has 11 aromatic rings. The molecule has 256 valence electrons. The van der Waals surface area contributed by atoms with Crippen LogP contribution in [0.3, 0.4) is 0 Å². The average Bonchev–Trinajstić information content (AvgIpc) is 3.65. The Bertz CT molecular complexity index is 3140. The number of hydrogen-bond donors (Lipinski definition) is 0. The summed E-state index contributed by atoms with van der Waals surface area (Å²) >= 11 is 0. The van der Waals surface area contributed by atoms with Gasteiger partial charge in [-0.15, -0.1) is 0 Å². The van der Waals surface area contributed by atoms with Crippen molar-refractivity contribution >= 4 is 54.3 Å². The Labute approximate surface area is 317 Å². The lowest BCUT2D eigenvalue weighted by Gasteiger charge is -2.12. The van der Waals surface area contributed by atoms with Crippen molar-refractivity contribution in [3.8, 4) is 56.2 Å². The van der Waals surface area contributed by atoms with Crippen molar-refractivity contribution in [2.75, 3.05) is 0 Å². The lowest BCUT2D eigenvalue weighted by molar-refractivity contribution is 0.669. The normalized spacial score (nSPS) is 11.6. The molecular formula is C52H32N2O. The highest BCUT2D eigenvalue weighted by atomic mass is 16.3. The minimum atomic E-state index is 0.690. The third kappa shape index (κ3) is 5.28. The standard InChI is InChI=1S/C52H32N2O/c1-3-12-35(13-4-1)47-32-48(54-52(53-47)36-14-5-2-6-15-36)44-20-11-21-50-51(44)46-31-38(27-29-49(46)55-50)34-24-22-33(23-25-34)37-26-28-43-41-18-8-7-16-39(41)40-17-9-10-19-42(40)45(43)30-37/h1-32H. The first-order valence-electron chi connectivity index (χ1n) is 18.6. The van der Waals surface area contributed by atoms with Crippen LogP contribution in [0.1, 0.15) is 0 Å². The summed E-state index contributed by atoms with van der Waals surface area (Å²) in [4.78, 5) is 10.2. The van der Waals surface area contributed by atoms with E-state index in [2.05, 4.69) is 146 Å². The predicted molar refractivity (Wildman–Crippen MR) is 229 cm³/mol. The molecule has 9 aromatic carbocycles. The SMILES string of the molecule is c1ccc(-c2cc(-c3cccc4oc5ccc(-c6ccc(-c7ccc8c9ccccc9c9ccccc9c8c7)cc6)cc5c34)nc(-c3ccccc3)n2)cc1. The van der Waals surface area contributed by atoms with Crippen LogP contribution in [-0.4, -0.2) is 9.97 Å². The molecule has 55 heavy (non-hydrogen) atoms. The van der Waals surface area contributed by atoms with Crippen molar-refractivity contribution in [1.29, 1.82) is 0 Å². The number of benzene rings is 9. The molecule has 0 saturated heterocycles. The number of nitrogens with zero attached hydrogens (tertiary/aromatic N) is 2. The van der Waals surface area contributed by atoms with Gasteiger partial charge in [-0.3, -0.25) is 0 Å². The van der Waals surface area contributed by atoms with Gasteiger partial charge in [0.1, 0.15) is 11.2 Å². The molecule has 3 nitrogen and oxygen atoms in total. The Morgan fingerprint density at radius 3 is 1.45 bits per heavy atom. The molecular weight excluding hydrogens is 669 g/mol. The van der Waals surface area contributed by atoms with Crippen molar-refractivity contribution in [1.82, 2.24) is 9.97 Å². The second-order valence-electron chi connectivity index (χ2n) is 14.1. The van der Waals surface area contributed by atoms with Gasteiger partial charge in [-0.2, -0.15) is 0 Å². The highest BCUT2D eigenvalue weighted by Gasteiger charge is 2.17. The monoisotopic (exact) mass is 700 g/mol. The summed E-state index contributed by atoms with van der Waals surface area (Å²) in [5.74, 6) is 0.690. The van der Waals surface area contributed by atoms with Gasteiger partial charge in [0, 0.05) is 27.5 Å². The van der Waals surface area contributed by atoms with Crippen LogP contribution < -0.4 is 0 Å². The minimum Gasteiger partial charge on any atom is -0.456 e. The fraction of sp³-hybridized carbons (Fsp3) is 0. The van der Waals surface area contributed by atoms with E-state index in [1.54, 1.807) is 0 Å². The summed E-state index contributed by atoms with van der Waals surface area (Å²) in [6, 6.07) is 68.6. The zero-order valence-corrected chi connectivity index (χ0v) is 29.8. The van der Waals surface area contributed by atoms with E-state index in [0.29, 0.717) is 5.82 Å². The summed E-state index contributed by atoms with van der Waals surface area (Å²) in [7, 11) is 0. The number of fused-ring (bicyclic) bond motifs is 9. The van der Waals surface area contributed by atoms with Gasteiger partial charge >= 0.3 is 0 Å². The molecule has 0 N–H and O–H groups in total. The van der Waals surface area contributed by atoms with Crippen LogP contribution >= 0.6 is 0 Å². The second kappa shape index (κ2) is 12.6. The number of hydrogen-bond acceptors (Lipinski definition) is 3. The first-order chi connectivity index (χ1) is 27.2. The third-order valence-corrected chi connectivity index (χ3v) is 10.9. The van der Waals surface area contributed by atoms with Crippen LogP contribution in [0.2, 0.25) is 0 Å². The maximum absolute atomic E-state index is 6.46. The summed E-state index contributed by atoms with van der Waals surface area (Å²) in [5.41, 5.74) is 11.1. The van der Waals surface area contributed by atoms with Crippen LogP contribution in [0.25, 0.3) is 110 Å². The fourth-order valence-electron chi connectivity index (χ4n) is 8.22. The average molecular weight is 701 g/mol. The quantitative estimate of drug-likeness (QED) is 0.168. The van der Waals surface area contributed by atoms with E-state index in [0.717, 1.165) is 61.1 Å². The molecule has 0 saturated carbocycles. The molecule has 0 radical (unpaired) electrons. The number of rotatable bonds is 5. The van der Waals surface area contributed by atoms with Gasteiger partial charge in [-0.05, 0) is 84.9 Å². The molecule has 0 unspecified atom stereocenters. The zero-order valence-electron chi connectivity index (χ0n) is 29.8. The zero-order chi connectivity index (χ0) is 36.3. The fourth-order valence-corrected chi connectivity index (χ4v) is 8.22. The van der Waals surface area contributed by atoms with Crippen LogP contribution in [0, 0.1) is 0 Å². The first kappa shape index (κ1) is 31.2. The number of aromatic nitrogens is 2. The van der Waals surface area contributed by atoms with Gasteiger partial charge in [0.25, 0.3) is 0 Å². The van der Waals surface area contributed by atoms with E-state index in [1.807, 2.05) is 48.5 Å². The Morgan fingerprint density at radius 1 is 0.291 bits per heavy atom. The lowest BCUT2D eigenvalue weighted by Crippen LogP contribution is -1.96. The summed E-state index contributed by atoms with van der Waals surface area (Å²) in [6.45, 7) is 0. The van der Waals surface area contributed by atoms with E-state index in [1.165, 1.54) is 43.4 Å². The minimum absolute atomic E-state index is 0.690. The lowest BCUT2D eigenvalue weighted by atomic mass is 9.91. The molecule has 11 rings (SSSR count). The number of furan rings is 1. The third-order valence-electron chi connectivity index (χ3n) is 10.9. The van der Waals surface area contributed by atoms with Gasteiger partial charge < -0.3 is 4.42 Å². The van der Waals surface area contributed by atoms with Crippen molar-refractivity contribution in [2.45, 2.75) is 0 Å². The van der Waals surface area contributed by atoms with Gasteiger partial charge in [0.15, 0.2) is 5.82 Å². The van der Waals surface area contributed by atoms with Crippen molar-refractivity contribution < 1.29 is 4.42 Å². The van der Waals surface area contributed by atoms with E-state index >= 15 is 0 Å². The molecule has 0 bridgehead atoms.